The van der Waals surface area contributed by atoms with Crippen molar-refractivity contribution in [3.63, 3.8) is 0 Å². The Kier molecular flexibility index (Phi) is 6.03. The molecule has 3 rings (SSSR count). The number of rotatable bonds is 3. The van der Waals surface area contributed by atoms with Gasteiger partial charge in [-0.1, -0.05) is 36.6 Å². The van der Waals surface area contributed by atoms with Crippen LogP contribution >= 0.6 is 11.6 Å². The summed E-state index contributed by atoms with van der Waals surface area (Å²) in [7, 11) is 0. The molecule has 138 valence electrons. The quantitative estimate of drug-likeness (QED) is 0.896. The Morgan fingerprint density at radius 1 is 1.16 bits per heavy atom. The summed E-state index contributed by atoms with van der Waals surface area (Å²) < 4.78 is 0. The van der Waals surface area contributed by atoms with Crippen LogP contribution in [0.5, 0.6) is 0 Å². The fraction of sp³-hybridized carbons (Fsp3) is 0.650. The minimum Gasteiger partial charge on any atom is -0.341 e. The molecule has 1 saturated heterocycles. The molecule has 1 amide bonds. The van der Waals surface area contributed by atoms with Crippen LogP contribution in [0.25, 0.3) is 0 Å². The van der Waals surface area contributed by atoms with E-state index >= 15 is 0 Å². The van der Waals surface area contributed by atoms with Gasteiger partial charge in [0.15, 0.2) is 0 Å². The van der Waals surface area contributed by atoms with Crippen LogP contribution in [-0.4, -0.2) is 47.4 Å². The summed E-state index contributed by atoms with van der Waals surface area (Å²) in [6.07, 6.45) is 5.19. The molecule has 2 aliphatic rings. The molecule has 1 heterocycles. The predicted octanol–water partition coefficient (Wildman–Crippen LogP) is 3.28. The van der Waals surface area contributed by atoms with Gasteiger partial charge in [-0.25, -0.2) is 0 Å². The molecule has 1 saturated carbocycles. The number of hydrogen-bond donors (Lipinski definition) is 1. The molecule has 1 aromatic rings. The van der Waals surface area contributed by atoms with Gasteiger partial charge in [-0.2, -0.15) is 0 Å². The van der Waals surface area contributed by atoms with Gasteiger partial charge in [0, 0.05) is 43.3 Å². The lowest BCUT2D eigenvalue weighted by molar-refractivity contribution is -0.138. The van der Waals surface area contributed by atoms with Crippen LogP contribution in [-0.2, 0) is 11.3 Å². The van der Waals surface area contributed by atoms with Crippen LogP contribution in [0.2, 0.25) is 5.02 Å². The molecule has 5 heteroatoms. The molecule has 2 atom stereocenters. The van der Waals surface area contributed by atoms with E-state index in [-0.39, 0.29) is 17.4 Å². The average molecular weight is 364 g/mol. The van der Waals surface area contributed by atoms with Gasteiger partial charge in [0.2, 0.25) is 5.91 Å². The molecular weight excluding hydrogens is 334 g/mol. The zero-order chi connectivity index (χ0) is 17.9. The van der Waals surface area contributed by atoms with E-state index < -0.39 is 0 Å². The third kappa shape index (κ3) is 4.75. The fourth-order valence-corrected chi connectivity index (χ4v) is 4.31. The van der Waals surface area contributed by atoms with Crippen molar-refractivity contribution in [1.82, 2.24) is 9.80 Å². The van der Waals surface area contributed by atoms with Crippen molar-refractivity contribution in [2.24, 2.45) is 11.7 Å². The van der Waals surface area contributed by atoms with E-state index in [0.717, 1.165) is 69.9 Å². The second-order valence-electron chi connectivity index (χ2n) is 7.89. The Morgan fingerprint density at radius 2 is 1.92 bits per heavy atom. The van der Waals surface area contributed by atoms with Crippen molar-refractivity contribution in [3.05, 3.63) is 34.9 Å². The normalized spacial score (nSPS) is 28.6. The summed E-state index contributed by atoms with van der Waals surface area (Å²) in [5.41, 5.74) is 7.37. The number of benzene rings is 1. The Labute approximate surface area is 156 Å². The molecule has 0 radical (unpaired) electrons. The second kappa shape index (κ2) is 8.07. The molecular formula is C20H30ClN3O. The standard InChI is InChI=1S/C20H30ClN3O/c1-20(22)10-3-2-5-18(20)19(25)24-12-4-11-23(13-14-24)15-16-6-8-17(21)9-7-16/h6-9,18H,2-5,10-15,22H2,1H3. The first-order valence-corrected chi connectivity index (χ1v) is 9.88. The maximum Gasteiger partial charge on any atom is 0.227 e. The van der Waals surface area contributed by atoms with E-state index in [1.165, 1.54) is 5.56 Å². The number of carbonyl (C=O) groups excluding carboxylic acids is 1. The minimum atomic E-state index is -0.343. The molecule has 0 spiro atoms. The third-order valence-corrected chi connectivity index (χ3v) is 6.02. The van der Waals surface area contributed by atoms with Crippen LogP contribution in [0.4, 0.5) is 0 Å². The zero-order valence-corrected chi connectivity index (χ0v) is 16.0. The van der Waals surface area contributed by atoms with Gasteiger partial charge in [0.25, 0.3) is 0 Å². The molecule has 2 fully saturated rings. The summed E-state index contributed by atoms with van der Waals surface area (Å²) in [6.45, 7) is 6.57. The van der Waals surface area contributed by atoms with Crippen molar-refractivity contribution in [2.45, 2.75) is 51.1 Å². The maximum atomic E-state index is 13.0. The van der Waals surface area contributed by atoms with E-state index in [2.05, 4.69) is 28.9 Å². The number of nitrogens with zero attached hydrogens (tertiary/aromatic N) is 2. The number of amides is 1. The highest BCUT2D eigenvalue weighted by Crippen LogP contribution is 2.33. The molecule has 0 aromatic heterocycles. The molecule has 1 aromatic carbocycles. The zero-order valence-electron chi connectivity index (χ0n) is 15.2. The van der Waals surface area contributed by atoms with E-state index in [0.29, 0.717) is 0 Å². The molecule has 1 aliphatic heterocycles. The lowest BCUT2D eigenvalue weighted by atomic mass is 9.74. The first-order chi connectivity index (χ1) is 12.0. The van der Waals surface area contributed by atoms with Gasteiger partial charge in [-0.05, 0) is 43.9 Å². The van der Waals surface area contributed by atoms with Crippen molar-refractivity contribution in [3.8, 4) is 0 Å². The summed E-state index contributed by atoms with van der Waals surface area (Å²) in [5, 5.41) is 0.772. The Morgan fingerprint density at radius 3 is 2.64 bits per heavy atom. The second-order valence-corrected chi connectivity index (χ2v) is 8.32. The summed E-state index contributed by atoms with van der Waals surface area (Å²) in [6, 6.07) is 8.04. The van der Waals surface area contributed by atoms with Gasteiger partial charge >= 0.3 is 0 Å². The number of carbonyl (C=O) groups is 1. The highest BCUT2D eigenvalue weighted by molar-refractivity contribution is 6.30. The van der Waals surface area contributed by atoms with Crippen molar-refractivity contribution in [2.75, 3.05) is 26.2 Å². The van der Waals surface area contributed by atoms with E-state index in [1.54, 1.807) is 0 Å². The number of nitrogens with two attached hydrogens (primary N) is 1. The summed E-state index contributed by atoms with van der Waals surface area (Å²) >= 11 is 5.96. The van der Waals surface area contributed by atoms with Crippen molar-refractivity contribution in [1.29, 1.82) is 0 Å². The maximum absolute atomic E-state index is 13.0. The Balaban J connectivity index is 1.57. The molecule has 1 aliphatic carbocycles. The van der Waals surface area contributed by atoms with Gasteiger partial charge < -0.3 is 10.6 Å². The number of halogens is 1. The Hall–Kier alpha value is -1.10. The molecule has 25 heavy (non-hydrogen) atoms. The topological polar surface area (TPSA) is 49.6 Å². The highest BCUT2D eigenvalue weighted by Gasteiger charge is 2.39. The molecule has 4 nitrogen and oxygen atoms in total. The van der Waals surface area contributed by atoms with E-state index in [9.17, 15) is 4.79 Å². The van der Waals surface area contributed by atoms with Gasteiger partial charge in [-0.15, -0.1) is 0 Å². The van der Waals surface area contributed by atoms with Gasteiger partial charge in [0.05, 0.1) is 5.92 Å². The van der Waals surface area contributed by atoms with E-state index in [1.807, 2.05) is 12.1 Å². The smallest absolute Gasteiger partial charge is 0.227 e. The van der Waals surface area contributed by atoms with Crippen LogP contribution in [0, 0.1) is 5.92 Å². The lowest BCUT2D eigenvalue weighted by Gasteiger charge is -2.39. The van der Waals surface area contributed by atoms with Crippen LogP contribution in [0.3, 0.4) is 0 Å². The first kappa shape index (κ1) is 18.7. The highest BCUT2D eigenvalue weighted by atomic mass is 35.5. The average Bonchev–Trinajstić information content (AvgIpc) is 2.82. The van der Waals surface area contributed by atoms with Gasteiger partial charge in [0.1, 0.15) is 0 Å². The largest absolute Gasteiger partial charge is 0.341 e. The van der Waals surface area contributed by atoms with Crippen molar-refractivity contribution >= 4 is 17.5 Å². The fourth-order valence-electron chi connectivity index (χ4n) is 4.18. The van der Waals surface area contributed by atoms with Crippen molar-refractivity contribution < 1.29 is 4.79 Å². The first-order valence-electron chi connectivity index (χ1n) is 9.50. The minimum absolute atomic E-state index is 0.0101. The monoisotopic (exact) mass is 363 g/mol. The molecule has 2 unspecified atom stereocenters. The summed E-state index contributed by atoms with van der Waals surface area (Å²) in [4.78, 5) is 17.5. The Bertz CT molecular complexity index is 587. The molecule has 2 N–H and O–H groups in total. The molecule has 0 bridgehead atoms. The van der Waals surface area contributed by atoms with Crippen LogP contribution in [0.1, 0.15) is 44.6 Å². The van der Waals surface area contributed by atoms with Crippen LogP contribution < -0.4 is 5.73 Å². The SMILES string of the molecule is CC1(N)CCCCC1C(=O)N1CCCN(Cc2ccc(Cl)cc2)CC1. The number of hydrogen-bond acceptors (Lipinski definition) is 3. The third-order valence-electron chi connectivity index (χ3n) is 5.77. The van der Waals surface area contributed by atoms with Gasteiger partial charge in [-0.3, -0.25) is 9.69 Å². The lowest BCUT2D eigenvalue weighted by Crippen LogP contribution is -2.54. The summed E-state index contributed by atoms with van der Waals surface area (Å²) in [5.74, 6) is 0.266. The van der Waals surface area contributed by atoms with Crippen LogP contribution in [0.15, 0.2) is 24.3 Å². The van der Waals surface area contributed by atoms with E-state index in [4.69, 9.17) is 17.3 Å². The predicted molar refractivity (Wildman–Crippen MR) is 102 cm³/mol.